The van der Waals surface area contributed by atoms with E-state index in [1.165, 1.54) is 7.05 Å². The number of guanidine groups is 1. The van der Waals surface area contributed by atoms with Gasteiger partial charge in [-0.25, -0.2) is 0 Å². The normalized spacial score (nSPS) is 11.6. The molecule has 7 N–H and O–H groups in total. The van der Waals surface area contributed by atoms with E-state index < -0.39 is 25.9 Å². The van der Waals surface area contributed by atoms with E-state index in [1.807, 2.05) is 21.1 Å². The number of quaternary nitrogens is 1. The number of ether oxygens (including phenoxy) is 1. The number of nitrogens with two attached hydrogens (primary N) is 1. The quantitative estimate of drug-likeness (QED) is 0.0768. The summed E-state index contributed by atoms with van der Waals surface area (Å²) in [5.41, 5.74) is 4.93. The molecule has 29 heavy (non-hydrogen) atoms. The number of esters is 1. The largest absolute Gasteiger partial charge is 0.756 e. The molecule has 14 nitrogen and oxygen atoms in total. The highest BCUT2D eigenvalue weighted by Gasteiger charge is 2.24. The van der Waals surface area contributed by atoms with Gasteiger partial charge in [0.15, 0.2) is 12.1 Å². The first-order chi connectivity index (χ1) is 12.8. The molecule has 0 rings (SSSR count). The average molecular weight is 446 g/mol. The van der Waals surface area contributed by atoms with E-state index in [0.717, 1.165) is 4.90 Å². The maximum absolute atomic E-state index is 11.1. The number of carbonyl (C=O) groups excluding carboxylic acids is 1. The van der Waals surface area contributed by atoms with Gasteiger partial charge in [-0.2, -0.15) is 0 Å². The van der Waals surface area contributed by atoms with Crippen molar-refractivity contribution in [3.05, 3.63) is 0 Å². The molecule has 0 aliphatic rings. The van der Waals surface area contributed by atoms with Gasteiger partial charge in [-0.3, -0.25) is 24.4 Å². The highest BCUT2D eigenvalue weighted by molar-refractivity contribution is 7.43. The number of carboxylic acids is 2. The third-order valence-corrected chi connectivity index (χ3v) is 2.52. The van der Waals surface area contributed by atoms with Crippen molar-refractivity contribution in [3.8, 4) is 0 Å². The summed E-state index contributed by atoms with van der Waals surface area (Å²) < 4.78 is 14.4. The summed E-state index contributed by atoms with van der Waals surface area (Å²) in [7, 11) is 2.33. The summed E-state index contributed by atoms with van der Waals surface area (Å²) in [6, 6.07) is 0. The first kappa shape index (κ1) is 31.4. The molecule has 0 aromatic carbocycles. The molecule has 0 radical (unpaired) electrons. The fraction of sp³-hybridized carbons (Fsp3) is 0.714. The number of rotatable bonds is 8. The minimum absolute atomic E-state index is 0.138. The molecule has 0 amide bonds. The SMILES string of the molecule is CCC(=O)O[C@H](CC(=O)O)C[N+](C)(C)C.CN(CC(=O)O)C(=N)N.O=P([O-])(O)O. The van der Waals surface area contributed by atoms with Gasteiger partial charge in [0.1, 0.15) is 13.1 Å². The van der Waals surface area contributed by atoms with Crippen LogP contribution in [0.15, 0.2) is 0 Å². The van der Waals surface area contributed by atoms with E-state index in [0.29, 0.717) is 11.0 Å². The fourth-order valence-electron chi connectivity index (χ4n) is 1.51. The van der Waals surface area contributed by atoms with E-state index in [4.69, 9.17) is 45.3 Å². The Labute approximate surface area is 168 Å². The van der Waals surface area contributed by atoms with Gasteiger partial charge < -0.3 is 44.7 Å². The Morgan fingerprint density at radius 2 is 1.62 bits per heavy atom. The smallest absolute Gasteiger partial charge is 0.323 e. The molecule has 0 aromatic heterocycles. The van der Waals surface area contributed by atoms with Crippen molar-refractivity contribution < 1.29 is 53.1 Å². The summed E-state index contributed by atoms with van der Waals surface area (Å²) in [6.07, 6.45) is -0.413. The van der Waals surface area contributed by atoms with Crippen molar-refractivity contribution in [1.82, 2.24) is 4.90 Å². The molecule has 1 atom stereocenters. The van der Waals surface area contributed by atoms with Crippen molar-refractivity contribution in [2.75, 3.05) is 41.3 Å². The number of hydrogen-bond donors (Lipinski definition) is 6. The predicted molar refractivity (Wildman–Crippen MR) is 99.5 cm³/mol. The van der Waals surface area contributed by atoms with Crippen LogP contribution in [0.25, 0.3) is 0 Å². The van der Waals surface area contributed by atoms with Crippen LogP contribution in [-0.2, 0) is 23.7 Å². The van der Waals surface area contributed by atoms with Crippen molar-refractivity contribution in [2.24, 2.45) is 5.73 Å². The number of aliphatic carboxylic acids is 2. The minimum Gasteiger partial charge on any atom is -0.756 e. The van der Waals surface area contributed by atoms with Gasteiger partial charge in [0.25, 0.3) is 7.82 Å². The summed E-state index contributed by atoms with van der Waals surface area (Å²) in [6.45, 7) is 1.96. The number of nitrogens with one attached hydrogen (secondary N) is 1. The molecule has 0 spiro atoms. The minimum atomic E-state index is -4.89. The zero-order valence-corrected chi connectivity index (χ0v) is 18.0. The molecule has 0 unspecified atom stereocenters. The Balaban J connectivity index is -0.000000407. The predicted octanol–water partition coefficient (Wildman–Crippen LogP) is -2.18. The van der Waals surface area contributed by atoms with Crippen LogP contribution in [0.4, 0.5) is 0 Å². The number of carboxylic acid groups (broad SMARTS) is 2. The van der Waals surface area contributed by atoms with E-state index in [2.05, 4.69) is 0 Å². The second-order valence-electron chi connectivity index (χ2n) is 6.66. The van der Waals surface area contributed by atoms with Crippen molar-refractivity contribution >= 4 is 31.7 Å². The summed E-state index contributed by atoms with van der Waals surface area (Å²) in [5, 5.41) is 23.5. The Bertz CT molecular complexity index is 579. The van der Waals surface area contributed by atoms with E-state index in [1.54, 1.807) is 6.92 Å². The molecule has 172 valence electrons. The van der Waals surface area contributed by atoms with E-state index in [-0.39, 0.29) is 31.3 Å². The van der Waals surface area contributed by atoms with Crippen LogP contribution in [0.1, 0.15) is 19.8 Å². The Morgan fingerprint density at radius 3 is 1.83 bits per heavy atom. The number of likely N-dealkylation sites (N-methyl/N-ethyl adjacent to an activating group) is 2. The maximum atomic E-state index is 11.1. The standard InChI is InChI=1S/C10H19NO4.C4H9N3O2.H3O4P/c1-5-10(14)15-8(6-9(12)13)7-11(2,3)4;1-7(4(5)6)2-3(8)9;1-5(2,3)4/h8H,5-7H2,1-4H3;2H2,1H3,(H3,5,6)(H,8,9);(H3,1,2,3,4)/t8-;;/m1../s1. The number of phosphoric acid groups is 1. The first-order valence-electron chi connectivity index (χ1n) is 8.03. The Kier molecular flexibility index (Phi) is 15.9. The summed E-state index contributed by atoms with van der Waals surface area (Å²) >= 11 is 0. The fourth-order valence-corrected chi connectivity index (χ4v) is 1.51. The monoisotopic (exact) mass is 446 g/mol. The van der Waals surface area contributed by atoms with Crippen LogP contribution in [0.5, 0.6) is 0 Å². The second-order valence-corrected chi connectivity index (χ2v) is 7.64. The lowest BCUT2D eigenvalue weighted by atomic mass is 10.2. The molecular weight excluding hydrogens is 415 g/mol. The van der Waals surface area contributed by atoms with E-state index >= 15 is 0 Å². The van der Waals surface area contributed by atoms with Crippen LogP contribution in [0.2, 0.25) is 0 Å². The van der Waals surface area contributed by atoms with Gasteiger partial charge in [0.2, 0.25) is 0 Å². The van der Waals surface area contributed by atoms with Gasteiger partial charge in [-0.15, -0.1) is 0 Å². The molecule has 0 fully saturated rings. The van der Waals surface area contributed by atoms with Crippen LogP contribution in [0, 0.1) is 5.41 Å². The van der Waals surface area contributed by atoms with E-state index in [9.17, 15) is 14.4 Å². The van der Waals surface area contributed by atoms with Gasteiger partial charge in [-0.1, -0.05) is 6.92 Å². The molecule has 0 saturated carbocycles. The Hall–Kier alpha value is -2.25. The molecule has 0 aliphatic heterocycles. The highest BCUT2D eigenvalue weighted by Crippen LogP contribution is 2.19. The molecule has 15 heteroatoms. The number of hydrogen-bond acceptors (Lipinski definition) is 7. The van der Waals surface area contributed by atoms with Gasteiger partial charge >= 0.3 is 17.9 Å². The zero-order chi connectivity index (χ0) is 24.0. The highest BCUT2D eigenvalue weighted by atomic mass is 31.2. The molecule has 0 aromatic rings. The third-order valence-electron chi connectivity index (χ3n) is 2.52. The molecular formula is C14H31N4O10P. The van der Waals surface area contributed by atoms with Crippen LogP contribution in [0.3, 0.4) is 0 Å². The lowest BCUT2D eigenvalue weighted by Gasteiger charge is -2.28. The number of carbonyl (C=O) groups is 3. The molecule has 0 bridgehead atoms. The topological polar surface area (TPSA) is 235 Å². The summed E-state index contributed by atoms with van der Waals surface area (Å²) in [5.74, 6) is -2.53. The molecule has 0 saturated heterocycles. The second kappa shape index (κ2) is 14.7. The lowest BCUT2D eigenvalue weighted by Crippen LogP contribution is -2.43. The first-order valence-corrected chi connectivity index (χ1v) is 9.56. The third kappa shape index (κ3) is 33.7. The van der Waals surface area contributed by atoms with Crippen molar-refractivity contribution in [3.63, 3.8) is 0 Å². The van der Waals surface area contributed by atoms with Crippen molar-refractivity contribution in [1.29, 1.82) is 5.41 Å². The van der Waals surface area contributed by atoms with Crippen LogP contribution >= 0.6 is 7.82 Å². The lowest BCUT2D eigenvalue weighted by molar-refractivity contribution is -0.873. The van der Waals surface area contributed by atoms with Crippen LogP contribution < -0.4 is 10.6 Å². The zero-order valence-electron chi connectivity index (χ0n) is 17.1. The Morgan fingerprint density at radius 1 is 1.21 bits per heavy atom. The van der Waals surface area contributed by atoms with Gasteiger partial charge in [-0.05, 0) is 0 Å². The average Bonchev–Trinajstić information content (AvgIpc) is 2.42. The van der Waals surface area contributed by atoms with Gasteiger partial charge in [0, 0.05) is 13.5 Å². The molecule has 0 aliphatic carbocycles. The number of nitrogens with zero attached hydrogens (tertiary/aromatic N) is 2. The molecule has 0 heterocycles. The van der Waals surface area contributed by atoms with Crippen LogP contribution in [-0.4, -0.2) is 101 Å². The maximum Gasteiger partial charge on any atom is 0.323 e. The van der Waals surface area contributed by atoms with Crippen molar-refractivity contribution in [2.45, 2.75) is 25.9 Å². The van der Waals surface area contributed by atoms with Gasteiger partial charge in [0.05, 0.1) is 27.6 Å². The summed E-state index contributed by atoms with van der Waals surface area (Å²) in [4.78, 5) is 55.6.